The van der Waals surface area contributed by atoms with E-state index in [0.717, 1.165) is 37.2 Å². The predicted octanol–water partition coefficient (Wildman–Crippen LogP) is 5.02. The molecule has 5 rings (SSSR count). The molecule has 0 aliphatic heterocycles. The Hall–Kier alpha value is -3.72. The summed E-state index contributed by atoms with van der Waals surface area (Å²) >= 11 is 0. The zero-order valence-electron chi connectivity index (χ0n) is 19.2. The molecule has 1 aliphatic carbocycles. The summed E-state index contributed by atoms with van der Waals surface area (Å²) in [6, 6.07) is 8.78. The summed E-state index contributed by atoms with van der Waals surface area (Å²) in [5, 5.41) is 0. The van der Waals surface area contributed by atoms with Crippen LogP contribution >= 0.6 is 0 Å². The molecule has 2 N–H and O–H groups in total. The highest BCUT2D eigenvalue weighted by molar-refractivity contribution is 6.01. The zero-order valence-corrected chi connectivity index (χ0v) is 19.2. The van der Waals surface area contributed by atoms with Crippen LogP contribution in [0.4, 0.5) is 8.78 Å². The molecule has 0 amide bonds. The van der Waals surface area contributed by atoms with E-state index in [1.165, 1.54) is 6.92 Å². The van der Waals surface area contributed by atoms with Gasteiger partial charge in [0.1, 0.15) is 5.75 Å². The minimum Gasteiger partial charge on any atom is -0.461 e. The lowest BCUT2D eigenvalue weighted by Gasteiger charge is -2.14. The molecule has 180 valence electrons. The minimum atomic E-state index is -1.46. The lowest BCUT2D eigenvalue weighted by molar-refractivity contribution is 0.0861. The van der Waals surface area contributed by atoms with Crippen molar-refractivity contribution in [1.82, 2.24) is 19.5 Å². The quantitative estimate of drug-likeness (QED) is 0.376. The van der Waals surface area contributed by atoms with E-state index in [4.69, 9.17) is 10.5 Å². The molecular formula is C26H25F2N5O2. The number of carbonyl (C=O) groups excluding carboxylic acids is 1. The first-order chi connectivity index (χ1) is 16.9. The number of aromatic nitrogens is 4. The number of nitrogens with zero attached hydrogens (tertiary/aromatic N) is 4. The Labute approximate surface area is 201 Å². The highest BCUT2D eigenvalue weighted by Gasteiger charge is 2.27. The number of alkyl halides is 1. The standard InChI is InChI=1S/C26H25F2N5O2/c1-15(27)35-20-6-2-4-16(8-20)21-14-33(26-31-12-19(28)13-32-26)23-9-18(11-30-25(21)23)24(34)10-17-5-3-7-22(17)29/h2,4,6,8-9,11-15,17,22H,3,5,7,10,29H2,1H3/t15?,17-,22+/m0/s1. The number of carbonyl (C=O) groups is 1. The second-order valence-electron chi connectivity index (χ2n) is 8.88. The Morgan fingerprint density at radius 2 is 2.00 bits per heavy atom. The fraction of sp³-hybridized carbons (Fsp3) is 0.308. The maximum atomic E-state index is 13.5. The van der Waals surface area contributed by atoms with Gasteiger partial charge >= 0.3 is 0 Å². The average Bonchev–Trinajstić information content (AvgIpc) is 3.42. The van der Waals surface area contributed by atoms with Crippen LogP contribution in [0.3, 0.4) is 0 Å². The largest absolute Gasteiger partial charge is 0.461 e. The monoisotopic (exact) mass is 477 g/mol. The number of fused-ring (bicyclic) bond motifs is 1. The molecule has 1 unspecified atom stereocenters. The number of ether oxygens (including phenoxy) is 1. The van der Waals surface area contributed by atoms with Gasteiger partial charge in [-0.05, 0) is 42.5 Å². The van der Waals surface area contributed by atoms with Gasteiger partial charge in [0.15, 0.2) is 11.6 Å². The van der Waals surface area contributed by atoms with Crippen molar-refractivity contribution in [1.29, 1.82) is 0 Å². The van der Waals surface area contributed by atoms with Crippen molar-refractivity contribution in [2.45, 2.75) is 45.0 Å². The van der Waals surface area contributed by atoms with Crippen LogP contribution in [0.2, 0.25) is 0 Å². The number of Topliss-reactive ketones (excluding diaryl/α,β-unsaturated/α-hetero) is 1. The summed E-state index contributed by atoms with van der Waals surface area (Å²) in [4.78, 5) is 25.9. The Morgan fingerprint density at radius 3 is 2.71 bits per heavy atom. The maximum absolute atomic E-state index is 13.5. The SMILES string of the molecule is CC(F)Oc1cccc(-c2cn(-c3ncc(F)cn3)c3cc(C(=O)C[C@@H]4CCC[C@H]4N)cnc23)c1. The van der Waals surface area contributed by atoms with Gasteiger partial charge < -0.3 is 10.5 Å². The number of ketones is 1. The van der Waals surface area contributed by atoms with E-state index >= 15 is 0 Å². The maximum Gasteiger partial charge on any atom is 0.235 e. The predicted molar refractivity (Wildman–Crippen MR) is 128 cm³/mol. The first-order valence-electron chi connectivity index (χ1n) is 11.6. The topological polar surface area (TPSA) is 95.9 Å². The van der Waals surface area contributed by atoms with Crippen molar-refractivity contribution in [3.63, 3.8) is 0 Å². The van der Waals surface area contributed by atoms with Gasteiger partial charge in [-0.2, -0.15) is 0 Å². The van der Waals surface area contributed by atoms with Gasteiger partial charge in [0.2, 0.25) is 12.3 Å². The average molecular weight is 478 g/mol. The lowest BCUT2D eigenvalue weighted by Crippen LogP contribution is -2.26. The zero-order chi connectivity index (χ0) is 24.5. The van der Waals surface area contributed by atoms with Gasteiger partial charge in [0, 0.05) is 42.9 Å². The van der Waals surface area contributed by atoms with Crippen molar-refractivity contribution in [2.24, 2.45) is 11.7 Å². The molecule has 7 nitrogen and oxygen atoms in total. The Balaban J connectivity index is 1.60. The van der Waals surface area contributed by atoms with Crippen molar-refractivity contribution in [3.8, 4) is 22.8 Å². The van der Waals surface area contributed by atoms with Crippen LogP contribution in [0.25, 0.3) is 28.1 Å². The molecule has 4 aromatic rings. The van der Waals surface area contributed by atoms with Gasteiger partial charge in [-0.1, -0.05) is 18.6 Å². The molecule has 0 radical (unpaired) electrons. The highest BCUT2D eigenvalue weighted by atomic mass is 19.1. The van der Waals surface area contributed by atoms with Crippen LogP contribution in [0.5, 0.6) is 5.75 Å². The molecule has 3 heterocycles. The van der Waals surface area contributed by atoms with Gasteiger partial charge in [0.25, 0.3) is 0 Å². The van der Waals surface area contributed by atoms with Crippen LogP contribution in [0, 0.1) is 11.7 Å². The summed E-state index contributed by atoms with van der Waals surface area (Å²) in [5.41, 5.74) is 9.27. The molecular weight excluding hydrogens is 452 g/mol. The summed E-state index contributed by atoms with van der Waals surface area (Å²) in [6.45, 7) is 1.31. The van der Waals surface area contributed by atoms with Crippen LogP contribution < -0.4 is 10.5 Å². The normalized spacial score (nSPS) is 18.6. The molecule has 1 fully saturated rings. The molecule has 1 aromatic carbocycles. The van der Waals surface area contributed by atoms with Crippen molar-refractivity contribution < 1.29 is 18.3 Å². The van der Waals surface area contributed by atoms with Crippen molar-refractivity contribution >= 4 is 16.8 Å². The summed E-state index contributed by atoms with van der Waals surface area (Å²) in [7, 11) is 0. The van der Waals surface area contributed by atoms with Gasteiger partial charge in [-0.15, -0.1) is 0 Å². The number of hydrogen-bond donors (Lipinski definition) is 1. The third-order valence-corrected chi connectivity index (χ3v) is 6.39. The molecule has 1 saturated carbocycles. The second kappa shape index (κ2) is 9.50. The minimum absolute atomic E-state index is 0.0246. The van der Waals surface area contributed by atoms with Gasteiger partial charge in [-0.3, -0.25) is 14.3 Å². The van der Waals surface area contributed by atoms with Gasteiger partial charge in [0.05, 0.1) is 23.4 Å². The summed E-state index contributed by atoms with van der Waals surface area (Å²) < 4.78 is 33.7. The molecule has 0 saturated heterocycles. The molecule has 3 atom stereocenters. The first-order valence-corrected chi connectivity index (χ1v) is 11.6. The van der Waals surface area contributed by atoms with Crippen molar-refractivity contribution in [3.05, 3.63) is 66.5 Å². The number of halogens is 2. The first kappa shape index (κ1) is 23.0. The van der Waals surface area contributed by atoms with E-state index in [1.807, 2.05) is 6.07 Å². The van der Waals surface area contributed by atoms with Gasteiger partial charge in [-0.25, -0.2) is 18.7 Å². The number of benzene rings is 1. The van der Waals surface area contributed by atoms with E-state index in [9.17, 15) is 13.6 Å². The Morgan fingerprint density at radius 1 is 1.20 bits per heavy atom. The number of pyridine rings is 1. The number of hydrogen-bond acceptors (Lipinski definition) is 6. The van der Waals surface area contributed by atoms with Crippen LogP contribution in [-0.4, -0.2) is 37.7 Å². The van der Waals surface area contributed by atoms with E-state index in [-0.39, 0.29) is 23.7 Å². The van der Waals surface area contributed by atoms with E-state index in [2.05, 4.69) is 15.0 Å². The van der Waals surface area contributed by atoms with Crippen LogP contribution in [-0.2, 0) is 0 Å². The Bertz CT molecular complexity index is 1370. The third kappa shape index (κ3) is 4.77. The second-order valence-corrected chi connectivity index (χ2v) is 8.88. The summed E-state index contributed by atoms with van der Waals surface area (Å²) in [6.07, 6.45) is 7.32. The van der Waals surface area contributed by atoms with E-state index in [0.29, 0.717) is 34.3 Å². The van der Waals surface area contributed by atoms with Crippen LogP contribution in [0.15, 0.2) is 55.1 Å². The molecule has 3 aromatic heterocycles. The fourth-order valence-corrected chi connectivity index (χ4v) is 4.66. The van der Waals surface area contributed by atoms with Crippen LogP contribution in [0.1, 0.15) is 43.0 Å². The molecule has 0 spiro atoms. The molecule has 9 heteroatoms. The number of rotatable bonds is 7. The number of nitrogens with two attached hydrogens (primary N) is 1. The highest BCUT2D eigenvalue weighted by Crippen LogP contribution is 2.34. The summed E-state index contributed by atoms with van der Waals surface area (Å²) in [5.74, 6) is 0.190. The molecule has 35 heavy (non-hydrogen) atoms. The molecule has 1 aliphatic rings. The van der Waals surface area contributed by atoms with Crippen molar-refractivity contribution in [2.75, 3.05) is 0 Å². The Kier molecular flexibility index (Phi) is 6.25. The van der Waals surface area contributed by atoms with E-state index in [1.54, 1.807) is 41.2 Å². The fourth-order valence-electron chi connectivity index (χ4n) is 4.66. The smallest absolute Gasteiger partial charge is 0.235 e. The third-order valence-electron chi connectivity index (χ3n) is 6.39. The van der Waals surface area contributed by atoms with E-state index < -0.39 is 12.2 Å². The lowest BCUT2D eigenvalue weighted by atomic mass is 9.95. The molecule has 0 bridgehead atoms.